The molecule has 2 rings (SSSR count). The number of likely N-dealkylation sites (tertiary alicyclic amines) is 1. The van der Waals surface area contributed by atoms with Crippen LogP contribution in [0.5, 0.6) is 5.75 Å². The number of hydrogen-bond acceptors (Lipinski definition) is 2. The largest absolute Gasteiger partial charge is 0.494 e. The first-order valence-corrected chi connectivity index (χ1v) is 7.39. The normalized spacial score (nSPS) is 19.3. The molecule has 3 nitrogen and oxygen atoms in total. The molecule has 0 aromatic heterocycles. The number of hydrogen-bond donors (Lipinski definition) is 0. The molecule has 1 heterocycles. The summed E-state index contributed by atoms with van der Waals surface area (Å²) in [5.74, 6) is 1.39. The number of carbonyl (C=O) groups excluding carboxylic acids is 1. The standard InChI is InChI=1S/C15H20ClNO2/c1-2-19-14-8-6-12(7-9-14)15(18)17-10-4-3-5-13(17)11-16/h6-9,13H,2-5,10-11H2,1H3. The first-order valence-electron chi connectivity index (χ1n) is 6.86. The molecule has 1 amide bonds. The van der Waals surface area contributed by atoms with Crippen molar-refractivity contribution in [2.45, 2.75) is 32.2 Å². The number of piperidine rings is 1. The highest BCUT2D eigenvalue weighted by Gasteiger charge is 2.26. The van der Waals surface area contributed by atoms with Crippen LogP contribution in [0.1, 0.15) is 36.5 Å². The number of halogens is 1. The zero-order valence-corrected chi connectivity index (χ0v) is 12.0. The van der Waals surface area contributed by atoms with Gasteiger partial charge in [-0.3, -0.25) is 4.79 Å². The van der Waals surface area contributed by atoms with Gasteiger partial charge in [-0.25, -0.2) is 0 Å². The van der Waals surface area contributed by atoms with Gasteiger partial charge in [-0.1, -0.05) is 0 Å². The van der Waals surface area contributed by atoms with E-state index in [2.05, 4.69) is 0 Å². The summed E-state index contributed by atoms with van der Waals surface area (Å²) in [6.07, 6.45) is 3.23. The zero-order chi connectivity index (χ0) is 13.7. The minimum Gasteiger partial charge on any atom is -0.494 e. The number of amides is 1. The molecular weight excluding hydrogens is 262 g/mol. The lowest BCUT2D eigenvalue weighted by atomic mass is 10.0. The minimum absolute atomic E-state index is 0.0772. The van der Waals surface area contributed by atoms with Crippen molar-refractivity contribution in [2.24, 2.45) is 0 Å². The number of benzene rings is 1. The highest BCUT2D eigenvalue weighted by molar-refractivity contribution is 6.18. The van der Waals surface area contributed by atoms with Gasteiger partial charge in [0, 0.05) is 24.0 Å². The summed E-state index contributed by atoms with van der Waals surface area (Å²) in [4.78, 5) is 14.4. The number of carbonyl (C=O) groups is 1. The maximum atomic E-state index is 12.5. The molecule has 0 aliphatic carbocycles. The van der Waals surface area contributed by atoms with Crippen molar-refractivity contribution in [3.8, 4) is 5.75 Å². The van der Waals surface area contributed by atoms with Crippen LogP contribution in [-0.2, 0) is 0 Å². The van der Waals surface area contributed by atoms with E-state index in [1.165, 1.54) is 0 Å². The van der Waals surface area contributed by atoms with Crippen molar-refractivity contribution in [2.75, 3.05) is 19.0 Å². The fraction of sp³-hybridized carbons (Fsp3) is 0.533. The van der Waals surface area contributed by atoms with E-state index >= 15 is 0 Å². The summed E-state index contributed by atoms with van der Waals surface area (Å²) < 4.78 is 5.38. The van der Waals surface area contributed by atoms with Crippen molar-refractivity contribution >= 4 is 17.5 Å². The Bertz CT molecular complexity index is 419. The van der Waals surface area contributed by atoms with Crippen molar-refractivity contribution in [1.29, 1.82) is 0 Å². The van der Waals surface area contributed by atoms with E-state index in [9.17, 15) is 4.79 Å². The monoisotopic (exact) mass is 281 g/mol. The molecule has 1 unspecified atom stereocenters. The summed E-state index contributed by atoms with van der Waals surface area (Å²) >= 11 is 5.96. The highest BCUT2D eigenvalue weighted by atomic mass is 35.5. The van der Waals surface area contributed by atoms with Crippen molar-refractivity contribution in [3.05, 3.63) is 29.8 Å². The second-order valence-corrected chi connectivity index (χ2v) is 5.07. The van der Waals surface area contributed by atoms with Crippen LogP contribution in [-0.4, -0.2) is 35.9 Å². The van der Waals surface area contributed by atoms with Crippen LogP contribution in [0.15, 0.2) is 24.3 Å². The molecular formula is C15H20ClNO2. The molecule has 104 valence electrons. The van der Waals surface area contributed by atoms with Crippen molar-refractivity contribution in [3.63, 3.8) is 0 Å². The quantitative estimate of drug-likeness (QED) is 0.793. The Hall–Kier alpha value is -1.22. The van der Waals surface area contributed by atoms with Gasteiger partial charge in [0.15, 0.2) is 0 Å². The van der Waals surface area contributed by atoms with E-state index in [4.69, 9.17) is 16.3 Å². The van der Waals surface area contributed by atoms with Crippen LogP contribution >= 0.6 is 11.6 Å². The van der Waals surface area contributed by atoms with Crippen LogP contribution in [0.2, 0.25) is 0 Å². The third-order valence-corrected chi connectivity index (χ3v) is 3.83. The molecule has 0 saturated carbocycles. The van der Waals surface area contributed by atoms with Gasteiger partial charge >= 0.3 is 0 Å². The van der Waals surface area contributed by atoms with Gasteiger partial charge in [-0.15, -0.1) is 11.6 Å². The topological polar surface area (TPSA) is 29.5 Å². The molecule has 1 saturated heterocycles. The number of nitrogens with zero attached hydrogens (tertiary/aromatic N) is 1. The van der Waals surface area contributed by atoms with E-state index in [0.29, 0.717) is 18.1 Å². The van der Waals surface area contributed by atoms with Gasteiger partial charge in [-0.05, 0) is 50.5 Å². The lowest BCUT2D eigenvalue weighted by Gasteiger charge is -2.34. The van der Waals surface area contributed by atoms with E-state index in [-0.39, 0.29) is 11.9 Å². The summed E-state index contributed by atoms with van der Waals surface area (Å²) in [7, 11) is 0. The summed E-state index contributed by atoms with van der Waals surface area (Å²) in [5.41, 5.74) is 0.709. The molecule has 0 N–H and O–H groups in total. The van der Waals surface area contributed by atoms with Gasteiger partial charge in [0.05, 0.1) is 6.61 Å². The van der Waals surface area contributed by atoms with E-state index in [0.717, 1.165) is 31.6 Å². The van der Waals surface area contributed by atoms with Gasteiger partial charge in [-0.2, -0.15) is 0 Å². The first kappa shape index (κ1) is 14.2. The number of ether oxygens (including phenoxy) is 1. The maximum Gasteiger partial charge on any atom is 0.254 e. The van der Waals surface area contributed by atoms with Crippen molar-refractivity contribution in [1.82, 2.24) is 4.90 Å². The molecule has 1 aliphatic rings. The lowest BCUT2D eigenvalue weighted by Crippen LogP contribution is -2.44. The van der Waals surface area contributed by atoms with Crippen LogP contribution in [0.4, 0.5) is 0 Å². The molecule has 1 fully saturated rings. The predicted octanol–water partition coefficient (Wildman–Crippen LogP) is 3.32. The number of rotatable bonds is 4. The zero-order valence-electron chi connectivity index (χ0n) is 11.3. The summed E-state index contributed by atoms with van der Waals surface area (Å²) in [5, 5.41) is 0. The minimum atomic E-state index is 0.0772. The fourth-order valence-corrected chi connectivity index (χ4v) is 2.78. The average molecular weight is 282 g/mol. The van der Waals surface area contributed by atoms with Gasteiger partial charge in [0.1, 0.15) is 5.75 Å². The van der Waals surface area contributed by atoms with Crippen LogP contribution in [0, 0.1) is 0 Å². The van der Waals surface area contributed by atoms with Gasteiger partial charge < -0.3 is 9.64 Å². The third kappa shape index (κ3) is 3.41. The third-order valence-electron chi connectivity index (χ3n) is 3.48. The molecule has 1 atom stereocenters. The Kier molecular flexibility index (Phi) is 5.08. The Morgan fingerprint density at radius 3 is 2.74 bits per heavy atom. The average Bonchev–Trinajstić information content (AvgIpc) is 2.47. The number of alkyl halides is 1. The molecule has 0 spiro atoms. The molecule has 0 radical (unpaired) electrons. The Balaban J connectivity index is 2.09. The van der Waals surface area contributed by atoms with E-state index < -0.39 is 0 Å². The van der Waals surface area contributed by atoms with Gasteiger partial charge in [0.2, 0.25) is 0 Å². The summed E-state index contributed by atoms with van der Waals surface area (Å²) in [6, 6.07) is 7.52. The molecule has 19 heavy (non-hydrogen) atoms. The maximum absolute atomic E-state index is 12.5. The fourth-order valence-electron chi connectivity index (χ4n) is 2.45. The molecule has 1 aromatic carbocycles. The lowest BCUT2D eigenvalue weighted by molar-refractivity contribution is 0.0639. The van der Waals surface area contributed by atoms with Gasteiger partial charge in [0.25, 0.3) is 5.91 Å². The Morgan fingerprint density at radius 1 is 1.37 bits per heavy atom. The van der Waals surface area contributed by atoms with Crippen LogP contribution < -0.4 is 4.74 Å². The highest BCUT2D eigenvalue weighted by Crippen LogP contribution is 2.21. The Morgan fingerprint density at radius 2 is 2.11 bits per heavy atom. The molecule has 0 bridgehead atoms. The molecule has 4 heteroatoms. The smallest absolute Gasteiger partial charge is 0.254 e. The SMILES string of the molecule is CCOc1ccc(C(=O)N2CCCCC2CCl)cc1. The van der Waals surface area contributed by atoms with Crippen LogP contribution in [0.25, 0.3) is 0 Å². The van der Waals surface area contributed by atoms with Crippen molar-refractivity contribution < 1.29 is 9.53 Å². The summed E-state index contributed by atoms with van der Waals surface area (Å²) in [6.45, 7) is 3.38. The molecule has 1 aliphatic heterocycles. The first-order chi connectivity index (χ1) is 9.26. The second kappa shape index (κ2) is 6.80. The molecule has 1 aromatic rings. The van der Waals surface area contributed by atoms with E-state index in [1.807, 2.05) is 36.1 Å². The Labute approximate surface area is 119 Å². The van der Waals surface area contributed by atoms with E-state index in [1.54, 1.807) is 0 Å². The van der Waals surface area contributed by atoms with Crippen LogP contribution in [0.3, 0.4) is 0 Å². The second-order valence-electron chi connectivity index (χ2n) is 4.76. The predicted molar refractivity (Wildman–Crippen MR) is 77.0 cm³/mol.